The van der Waals surface area contributed by atoms with E-state index in [0.717, 1.165) is 11.1 Å². The van der Waals surface area contributed by atoms with Gasteiger partial charge in [0.25, 0.3) is 11.8 Å². The third-order valence-electron chi connectivity index (χ3n) is 3.72. The summed E-state index contributed by atoms with van der Waals surface area (Å²) in [5.74, 6) is 0.766. The van der Waals surface area contributed by atoms with E-state index in [-0.39, 0.29) is 17.7 Å². The fourth-order valence-electron chi connectivity index (χ4n) is 2.50. The highest BCUT2D eigenvalue weighted by Gasteiger charge is 2.17. The summed E-state index contributed by atoms with van der Waals surface area (Å²) in [6.07, 6.45) is 1.49. The fourth-order valence-corrected chi connectivity index (χ4v) is 2.50. The first-order chi connectivity index (χ1) is 12.6. The number of benzene rings is 1. The Balaban J connectivity index is 1.52. The van der Waals surface area contributed by atoms with E-state index < -0.39 is 5.91 Å². The van der Waals surface area contributed by atoms with Crippen LogP contribution in [0.4, 0.5) is 11.7 Å². The van der Waals surface area contributed by atoms with Crippen LogP contribution in [0.25, 0.3) is 23.0 Å². The molecule has 0 saturated carbocycles. The van der Waals surface area contributed by atoms with Gasteiger partial charge in [-0.1, -0.05) is 5.10 Å². The molecule has 0 fully saturated rings. The molecule has 0 unspecified atom stereocenters. The van der Waals surface area contributed by atoms with Gasteiger partial charge in [0.15, 0.2) is 11.5 Å². The summed E-state index contributed by atoms with van der Waals surface area (Å²) in [7, 11) is 0. The topological polar surface area (TPSA) is 120 Å². The van der Waals surface area contributed by atoms with Crippen molar-refractivity contribution in [3.05, 3.63) is 60.1 Å². The van der Waals surface area contributed by atoms with Gasteiger partial charge in [0.1, 0.15) is 5.76 Å². The molecule has 26 heavy (non-hydrogen) atoms. The number of aryl methyl sites for hydroxylation is 1. The van der Waals surface area contributed by atoms with Crippen molar-refractivity contribution in [1.29, 1.82) is 0 Å². The normalized spacial score (nSPS) is 10.8. The van der Waals surface area contributed by atoms with E-state index in [2.05, 4.69) is 15.5 Å². The Morgan fingerprint density at radius 1 is 1.08 bits per heavy atom. The summed E-state index contributed by atoms with van der Waals surface area (Å²) >= 11 is 0. The average Bonchev–Trinajstić information content (AvgIpc) is 3.36. The molecule has 1 amide bonds. The molecule has 0 radical (unpaired) electrons. The zero-order chi connectivity index (χ0) is 18.1. The Labute approximate surface area is 147 Å². The Morgan fingerprint density at radius 3 is 2.73 bits per heavy atom. The molecule has 0 spiro atoms. The van der Waals surface area contributed by atoms with Gasteiger partial charge in [0.05, 0.1) is 6.26 Å². The number of nitrogen functional groups attached to an aromatic ring is 1. The van der Waals surface area contributed by atoms with E-state index in [0.29, 0.717) is 17.2 Å². The molecule has 0 aliphatic carbocycles. The minimum Gasteiger partial charge on any atom is -0.459 e. The van der Waals surface area contributed by atoms with Crippen LogP contribution in [-0.4, -0.2) is 16.1 Å². The van der Waals surface area contributed by atoms with E-state index in [4.69, 9.17) is 19.0 Å². The number of furan rings is 2. The van der Waals surface area contributed by atoms with Gasteiger partial charge in [-0.15, -0.1) is 5.10 Å². The second-order valence-corrected chi connectivity index (χ2v) is 5.58. The molecule has 0 atom stereocenters. The van der Waals surface area contributed by atoms with Crippen LogP contribution in [0.5, 0.6) is 0 Å². The van der Waals surface area contributed by atoms with Gasteiger partial charge in [-0.2, -0.15) is 0 Å². The molecule has 3 aromatic heterocycles. The lowest BCUT2D eigenvalue weighted by atomic mass is 10.1. The Hall–Kier alpha value is -3.81. The van der Waals surface area contributed by atoms with Gasteiger partial charge >= 0.3 is 6.01 Å². The lowest BCUT2D eigenvalue weighted by Crippen LogP contribution is -2.11. The zero-order valence-electron chi connectivity index (χ0n) is 13.7. The molecule has 3 heterocycles. The summed E-state index contributed by atoms with van der Waals surface area (Å²) in [5, 5.41) is 10.1. The smallest absolute Gasteiger partial charge is 0.323 e. The largest absolute Gasteiger partial charge is 0.459 e. The lowest BCUT2D eigenvalue weighted by Gasteiger charge is -2.03. The van der Waals surface area contributed by atoms with Gasteiger partial charge < -0.3 is 19.0 Å². The molecule has 0 saturated heterocycles. The van der Waals surface area contributed by atoms with Crippen molar-refractivity contribution >= 4 is 17.6 Å². The van der Waals surface area contributed by atoms with Crippen molar-refractivity contribution in [3.63, 3.8) is 0 Å². The molecule has 4 aromatic rings. The molecule has 0 aliphatic heterocycles. The molecular weight excluding hydrogens is 336 g/mol. The standard InChI is InChI=1S/C18H14N4O4/c1-10-9-11(19)4-5-12(10)13-6-7-14(25-13)16(23)20-18-22-21-17(26-18)15-3-2-8-24-15/h2-9H,19H2,1H3,(H,20,22,23). The lowest BCUT2D eigenvalue weighted by molar-refractivity contribution is 0.0994. The second kappa shape index (κ2) is 6.25. The molecule has 3 N–H and O–H groups in total. The van der Waals surface area contributed by atoms with Crippen molar-refractivity contribution in [2.75, 3.05) is 11.1 Å². The maximum absolute atomic E-state index is 12.3. The first-order valence-electron chi connectivity index (χ1n) is 7.75. The first-order valence-corrected chi connectivity index (χ1v) is 7.75. The number of hydrogen-bond donors (Lipinski definition) is 2. The molecule has 1 aromatic carbocycles. The monoisotopic (exact) mass is 350 g/mol. The van der Waals surface area contributed by atoms with E-state index >= 15 is 0 Å². The Kier molecular flexibility index (Phi) is 3.77. The van der Waals surface area contributed by atoms with Crippen LogP contribution < -0.4 is 11.1 Å². The van der Waals surface area contributed by atoms with E-state index in [1.165, 1.54) is 6.26 Å². The average molecular weight is 350 g/mol. The number of nitrogens with zero attached hydrogens (tertiary/aromatic N) is 2. The van der Waals surface area contributed by atoms with Crippen molar-refractivity contribution < 1.29 is 18.0 Å². The van der Waals surface area contributed by atoms with Crippen molar-refractivity contribution in [2.45, 2.75) is 6.92 Å². The minimum atomic E-state index is -0.501. The molecule has 0 bridgehead atoms. The van der Waals surface area contributed by atoms with Gasteiger partial charge in [0.2, 0.25) is 0 Å². The number of carbonyl (C=O) groups excluding carboxylic acids is 1. The number of amides is 1. The highest BCUT2D eigenvalue weighted by atomic mass is 16.4. The van der Waals surface area contributed by atoms with Crippen LogP contribution in [0.1, 0.15) is 16.1 Å². The zero-order valence-corrected chi connectivity index (χ0v) is 13.7. The van der Waals surface area contributed by atoms with Crippen molar-refractivity contribution in [3.8, 4) is 23.0 Å². The third kappa shape index (κ3) is 2.95. The molecule has 0 aliphatic rings. The Morgan fingerprint density at radius 2 is 1.96 bits per heavy atom. The molecule has 130 valence electrons. The number of carbonyl (C=O) groups is 1. The van der Waals surface area contributed by atoms with E-state index in [9.17, 15) is 4.79 Å². The van der Waals surface area contributed by atoms with Gasteiger partial charge in [-0.05, 0) is 55.0 Å². The van der Waals surface area contributed by atoms with Crippen LogP contribution in [0.3, 0.4) is 0 Å². The van der Waals surface area contributed by atoms with Crippen LogP contribution in [0.2, 0.25) is 0 Å². The molecule has 8 heteroatoms. The van der Waals surface area contributed by atoms with Gasteiger partial charge in [-0.3, -0.25) is 10.1 Å². The van der Waals surface area contributed by atoms with Crippen LogP contribution in [-0.2, 0) is 0 Å². The van der Waals surface area contributed by atoms with Crippen molar-refractivity contribution in [1.82, 2.24) is 10.2 Å². The Bertz CT molecular complexity index is 1060. The number of aromatic nitrogens is 2. The minimum absolute atomic E-state index is 0.0528. The fraction of sp³-hybridized carbons (Fsp3) is 0.0556. The molecule has 4 rings (SSSR count). The van der Waals surface area contributed by atoms with Gasteiger partial charge in [-0.25, -0.2) is 0 Å². The second-order valence-electron chi connectivity index (χ2n) is 5.58. The first kappa shape index (κ1) is 15.7. The van der Waals surface area contributed by atoms with Crippen LogP contribution in [0, 0.1) is 6.92 Å². The quantitative estimate of drug-likeness (QED) is 0.538. The molecule has 8 nitrogen and oxygen atoms in total. The summed E-state index contributed by atoms with van der Waals surface area (Å²) in [6.45, 7) is 1.92. The van der Waals surface area contributed by atoms with Crippen molar-refractivity contribution in [2.24, 2.45) is 0 Å². The maximum Gasteiger partial charge on any atom is 0.323 e. The number of anilines is 2. The summed E-state index contributed by atoms with van der Waals surface area (Å²) < 4.78 is 16.1. The third-order valence-corrected chi connectivity index (χ3v) is 3.72. The summed E-state index contributed by atoms with van der Waals surface area (Å²) in [4.78, 5) is 12.3. The molecular formula is C18H14N4O4. The van der Waals surface area contributed by atoms with Crippen LogP contribution >= 0.6 is 0 Å². The van der Waals surface area contributed by atoms with Gasteiger partial charge in [0, 0.05) is 11.3 Å². The SMILES string of the molecule is Cc1cc(N)ccc1-c1ccc(C(=O)Nc2nnc(-c3ccco3)o2)o1. The summed E-state index contributed by atoms with van der Waals surface area (Å²) in [5.41, 5.74) is 8.23. The highest BCUT2D eigenvalue weighted by molar-refractivity contribution is 6.01. The predicted molar refractivity (Wildman–Crippen MR) is 93.2 cm³/mol. The highest BCUT2D eigenvalue weighted by Crippen LogP contribution is 2.27. The number of rotatable bonds is 4. The number of nitrogens with two attached hydrogens (primary N) is 1. The van der Waals surface area contributed by atoms with E-state index in [1.54, 1.807) is 30.3 Å². The maximum atomic E-state index is 12.3. The number of nitrogens with one attached hydrogen (secondary N) is 1. The van der Waals surface area contributed by atoms with E-state index in [1.807, 2.05) is 19.1 Å². The predicted octanol–water partition coefficient (Wildman–Crippen LogP) is 3.73. The van der Waals surface area contributed by atoms with Crippen LogP contribution in [0.15, 0.2) is 62.0 Å². The number of hydrogen-bond acceptors (Lipinski definition) is 7. The summed E-state index contributed by atoms with van der Waals surface area (Å²) in [6, 6.07) is 12.1.